The molecular weight excluding hydrogens is 733 g/mol. The van der Waals surface area contributed by atoms with Crippen LogP contribution in [0.5, 0.6) is 0 Å². The van der Waals surface area contributed by atoms with Crippen LogP contribution in [0.25, 0.3) is 0 Å². The van der Waals surface area contributed by atoms with Crippen molar-refractivity contribution < 1.29 is 28.6 Å². The third-order valence-corrected chi connectivity index (χ3v) is 10.2. The molecule has 0 aromatic carbocycles. The number of allylic oxidation sites excluding steroid dienone is 12. The molecule has 0 radical (unpaired) electrons. The van der Waals surface area contributed by atoms with Gasteiger partial charge in [0.2, 0.25) is 0 Å². The highest BCUT2D eigenvalue weighted by atomic mass is 16.6. The Morgan fingerprint density at radius 1 is 0.356 bits per heavy atom. The average molecular weight is 823 g/mol. The zero-order valence-corrected chi connectivity index (χ0v) is 38.5. The summed E-state index contributed by atoms with van der Waals surface area (Å²) in [5.74, 6) is -1.00. The van der Waals surface area contributed by atoms with E-state index in [0.717, 1.165) is 70.6 Å². The van der Waals surface area contributed by atoms with E-state index in [2.05, 4.69) is 81.5 Å². The lowest BCUT2D eigenvalue weighted by Gasteiger charge is -2.18. The molecule has 1 atom stereocenters. The molecule has 0 bridgehead atoms. The zero-order valence-electron chi connectivity index (χ0n) is 38.5. The lowest BCUT2D eigenvalue weighted by atomic mass is 10.1. The van der Waals surface area contributed by atoms with Crippen LogP contribution in [0.15, 0.2) is 72.9 Å². The van der Waals surface area contributed by atoms with Crippen LogP contribution >= 0.6 is 0 Å². The van der Waals surface area contributed by atoms with Gasteiger partial charge in [-0.25, -0.2) is 0 Å². The zero-order chi connectivity index (χ0) is 43.0. The van der Waals surface area contributed by atoms with Gasteiger partial charge in [0.25, 0.3) is 0 Å². The number of esters is 3. The molecule has 6 heteroatoms. The van der Waals surface area contributed by atoms with Gasteiger partial charge in [0.15, 0.2) is 6.10 Å². The Bertz CT molecular complexity index is 1130. The second-order valence-electron chi connectivity index (χ2n) is 16.0. The molecule has 0 spiro atoms. The Kier molecular flexibility index (Phi) is 45.0. The van der Waals surface area contributed by atoms with E-state index >= 15 is 0 Å². The largest absolute Gasteiger partial charge is 0.462 e. The van der Waals surface area contributed by atoms with Crippen molar-refractivity contribution in [1.82, 2.24) is 0 Å². The smallest absolute Gasteiger partial charge is 0.306 e. The Morgan fingerprint density at radius 2 is 0.695 bits per heavy atom. The summed E-state index contributed by atoms with van der Waals surface area (Å²) >= 11 is 0. The molecule has 0 aliphatic carbocycles. The fraction of sp³-hybridized carbons (Fsp3) is 0.717. The van der Waals surface area contributed by atoms with Crippen molar-refractivity contribution in [2.24, 2.45) is 0 Å². The molecular formula is C53H90O6. The van der Waals surface area contributed by atoms with Crippen molar-refractivity contribution in [2.75, 3.05) is 13.2 Å². The molecule has 0 saturated heterocycles. The second kappa shape index (κ2) is 47.5. The van der Waals surface area contributed by atoms with E-state index < -0.39 is 12.1 Å². The second-order valence-corrected chi connectivity index (χ2v) is 16.0. The van der Waals surface area contributed by atoms with Crippen LogP contribution in [0.1, 0.15) is 226 Å². The molecule has 0 amide bonds. The Labute approximate surface area is 363 Å². The molecule has 0 aliphatic heterocycles. The highest BCUT2D eigenvalue weighted by Gasteiger charge is 2.19. The molecule has 0 heterocycles. The Hall–Kier alpha value is -3.15. The van der Waals surface area contributed by atoms with Crippen LogP contribution in [0.2, 0.25) is 0 Å². The molecule has 1 unspecified atom stereocenters. The van der Waals surface area contributed by atoms with Crippen LogP contribution in [0.3, 0.4) is 0 Å². The number of carbonyl (C=O) groups excluding carboxylic acids is 3. The number of unbranched alkanes of at least 4 members (excludes halogenated alkanes) is 20. The van der Waals surface area contributed by atoms with Gasteiger partial charge >= 0.3 is 17.9 Å². The van der Waals surface area contributed by atoms with Gasteiger partial charge in [0.05, 0.1) is 0 Å². The van der Waals surface area contributed by atoms with Crippen LogP contribution in [0, 0.1) is 0 Å². The fourth-order valence-electron chi connectivity index (χ4n) is 6.54. The van der Waals surface area contributed by atoms with E-state index in [1.54, 1.807) is 0 Å². The minimum Gasteiger partial charge on any atom is -0.462 e. The Balaban J connectivity index is 4.30. The van der Waals surface area contributed by atoms with Gasteiger partial charge < -0.3 is 14.2 Å². The topological polar surface area (TPSA) is 78.9 Å². The van der Waals surface area contributed by atoms with E-state index in [1.807, 2.05) is 12.2 Å². The number of hydrogen-bond donors (Lipinski definition) is 0. The van der Waals surface area contributed by atoms with Crippen molar-refractivity contribution in [3.63, 3.8) is 0 Å². The maximum atomic E-state index is 12.7. The third kappa shape index (κ3) is 45.8. The van der Waals surface area contributed by atoms with Gasteiger partial charge in [-0.05, 0) is 77.0 Å². The third-order valence-electron chi connectivity index (χ3n) is 10.2. The predicted octanol–water partition coefficient (Wildman–Crippen LogP) is 15.9. The molecule has 0 aromatic rings. The van der Waals surface area contributed by atoms with Crippen LogP contribution in [-0.4, -0.2) is 37.2 Å². The molecule has 0 aromatic heterocycles. The highest BCUT2D eigenvalue weighted by Crippen LogP contribution is 2.14. The normalized spacial score (nSPS) is 12.7. The summed E-state index contributed by atoms with van der Waals surface area (Å²) in [6, 6.07) is 0. The van der Waals surface area contributed by atoms with Crippen molar-refractivity contribution in [1.29, 1.82) is 0 Å². The molecule has 0 fully saturated rings. The molecule has 59 heavy (non-hydrogen) atoms. The first-order valence-electron chi connectivity index (χ1n) is 24.4. The first-order valence-corrected chi connectivity index (χ1v) is 24.4. The summed E-state index contributed by atoms with van der Waals surface area (Å²) in [5.41, 5.74) is 0. The van der Waals surface area contributed by atoms with E-state index in [1.165, 1.54) is 109 Å². The lowest BCUT2D eigenvalue weighted by molar-refractivity contribution is -0.166. The van der Waals surface area contributed by atoms with Crippen LogP contribution in [0.4, 0.5) is 0 Å². The fourth-order valence-corrected chi connectivity index (χ4v) is 6.54. The minimum atomic E-state index is -0.810. The Morgan fingerprint density at radius 3 is 1.10 bits per heavy atom. The summed E-state index contributed by atoms with van der Waals surface area (Å²) in [7, 11) is 0. The van der Waals surface area contributed by atoms with Gasteiger partial charge in [-0.3, -0.25) is 14.4 Å². The van der Waals surface area contributed by atoms with Crippen LogP contribution in [-0.2, 0) is 28.6 Å². The summed E-state index contributed by atoms with van der Waals surface area (Å²) in [6.07, 6.45) is 59.2. The summed E-state index contributed by atoms with van der Waals surface area (Å²) in [6.45, 7) is 6.39. The monoisotopic (exact) mass is 823 g/mol. The van der Waals surface area contributed by atoms with Gasteiger partial charge in [0.1, 0.15) is 13.2 Å². The summed E-state index contributed by atoms with van der Waals surface area (Å²) < 4.78 is 16.6. The number of carbonyl (C=O) groups is 3. The van der Waals surface area contributed by atoms with Crippen molar-refractivity contribution in [3.8, 4) is 0 Å². The lowest BCUT2D eigenvalue weighted by Crippen LogP contribution is -2.30. The first kappa shape index (κ1) is 55.9. The summed E-state index contributed by atoms with van der Waals surface area (Å²) in [4.78, 5) is 37.6. The molecule has 6 nitrogen and oxygen atoms in total. The number of hydrogen-bond acceptors (Lipinski definition) is 6. The SMILES string of the molecule is CC/C=C\C/C=C\C/C=C\C/C=C\CCC(=O)OC(COC(=O)CCCCCCCCC)COC(=O)CCCCCCCCCCC/C=C\C/C=C\CCCCCCC. The average Bonchev–Trinajstić information content (AvgIpc) is 3.23. The maximum Gasteiger partial charge on any atom is 0.306 e. The highest BCUT2D eigenvalue weighted by molar-refractivity contribution is 5.71. The van der Waals surface area contributed by atoms with Gasteiger partial charge in [-0.2, -0.15) is 0 Å². The molecule has 0 aliphatic rings. The number of rotatable bonds is 43. The molecule has 0 rings (SSSR count). The van der Waals surface area contributed by atoms with E-state index in [9.17, 15) is 14.4 Å². The molecule has 0 saturated carbocycles. The quantitative estimate of drug-likeness (QED) is 0.0264. The summed E-state index contributed by atoms with van der Waals surface area (Å²) in [5, 5.41) is 0. The van der Waals surface area contributed by atoms with Crippen molar-refractivity contribution in [3.05, 3.63) is 72.9 Å². The van der Waals surface area contributed by atoms with E-state index in [-0.39, 0.29) is 31.6 Å². The standard InChI is InChI=1S/C53H90O6/c1-4-7-10-13-16-18-20-22-23-24-25-26-27-28-29-31-32-34-37-40-43-46-52(55)58-49-50(48-57-51(54)45-42-39-36-15-12-9-6-3)59-53(56)47-44-41-38-35-33-30-21-19-17-14-11-8-5-2/h8,11,17,19-20,22,24-25,30,33,38,41,50H,4-7,9-10,12-16,18,21,23,26-29,31-32,34-37,39-40,42-49H2,1-3H3/b11-8-,19-17-,22-20-,25-24-,33-30-,41-38-. The van der Waals surface area contributed by atoms with Crippen LogP contribution < -0.4 is 0 Å². The van der Waals surface area contributed by atoms with E-state index in [0.29, 0.717) is 19.3 Å². The van der Waals surface area contributed by atoms with Crippen molar-refractivity contribution in [2.45, 2.75) is 232 Å². The maximum absolute atomic E-state index is 12.7. The molecule has 0 N–H and O–H groups in total. The minimum absolute atomic E-state index is 0.105. The number of ether oxygens (including phenoxy) is 3. The predicted molar refractivity (Wildman–Crippen MR) is 251 cm³/mol. The van der Waals surface area contributed by atoms with Gasteiger partial charge in [-0.15, -0.1) is 0 Å². The van der Waals surface area contributed by atoms with Crippen molar-refractivity contribution >= 4 is 17.9 Å². The molecule has 338 valence electrons. The van der Waals surface area contributed by atoms with Gasteiger partial charge in [0, 0.05) is 19.3 Å². The first-order chi connectivity index (χ1) is 29.0. The van der Waals surface area contributed by atoms with E-state index in [4.69, 9.17) is 14.2 Å². The van der Waals surface area contributed by atoms with Gasteiger partial charge in [-0.1, -0.05) is 203 Å².